The van der Waals surface area contributed by atoms with Gasteiger partial charge < -0.3 is 10.1 Å². The van der Waals surface area contributed by atoms with Crippen LogP contribution in [-0.4, -0.2) is 18.1 Å². The Morgan fingerprint density at radius 1 is 1.22 bits per heavy atom. The Kier molecular flexibility index (Phi) is 3.85. The summed E-state index contributed by atoms with van der Waals surface area (Å²) in [4.78, 5) is 11.9. The quantitative estimate of drug-likeness (QED) is 0.782. The van der Waals surface area contributed by atoms with Crippen molar-refractivity contribution in [2.75, 3.05) is 0 Å². The maximum absolute atomic E-state index is 11.9. The highest BCUT2D eigenvalue weighted by Crippen LogP contribution is 2.56. The molecule has 0 aromatic carbocycles. The first kappa shape index (κ1) is 15.1. The van der Waals surface area contributed by atoms with Gasteiger partial charge in [-0.25, -0.2) is 0 Å². The third-order valence-corrected chi connectivity index (χ3v) is 3.97. The van der Waals surface area contributed by atoms with Gasteiger partial charge in [-0.2, -0.15) is 0 Å². The Labute approximate surface area is 111 Å². The molecule has 0 aromatic heterocycles. The second-order valence-electron chi connectivity index (χ2n) is 6.94. The molecule has 0 spiro atoms. The van der Waals surface area contributed by atoms with Crippen LogP contribution in [0.25, 0.3) is 0 Å². The van der Waals surface area contributed by atoms with E-state index in [9.17, 15) is 4.79 Å². The predicted molar refractivity (Wildman–Crippen MR) is 74.0 cm³/mol. The van der Waals surface area contributed by atoms with Crippen LogP contribution in [0.15, 0.2) is 12.3 Å². The molecule has 1 rings (SSSR count). The Bertz CT molecular complexity index is 340. The molecule has 1 N–H and O–H groups in total. The van der Waals surface area contributed by atoms with E-state index in [2.05, 4.69) is 39.6 Å². The topological polar surface area (TPSA) is 38.3 Å². The lowest BCUT2D eigenvalue weighted by Gasteiger charge is -2.63. The van der Waals surface area contributed by atoms with Crippen LogP contribution in [-0.2, 0) is 9.53 Å². The van der Waals surface area contributed by atoms with Crippen LogP contribution in [0.1, 0.15) is 48.5 Å². The summed E-state index contributed by atoms with van der Waals surface area (Å²) in [6.45, 7) is 18.0. The minimum Gasteiger partial charge on any atom is -0.494 e. The van der Waals surface area contributed by atoms with Crippen LogP contribution in [0.3, 0.4) is 0 Å². The first-order chi connectivity index (χ1) is 8.01. The van der Waals surface area contributed by atoms with Gasteiger partial charge in [-0.3, -0.25) is 4.79 Å². The van der Waals surface area contributed by atoms with E-state index in [1.807, 2.05) is 20.8 Å². The normalized spacial score (nSPS) is 28.4. The van der Waals surface area contributed by atoms with Gasteiger partial charge >= 0.3 is 0 Å². The van der Waals surface area contributed by atoms with Crippen molar-refractivity contribution in [2.24, 2.45) is 16.7 Å². The Morgan fingerprint density at radius 2 is 1.67 bits per heavy atom. The van der Waals surface area contributed by atoms with E-state index >= 15 is 0 Å². The average molecular weight is 253 g/mol. The number of allylic oxidation sites excluding steroid dienone is 1. The van der Waals surface area contributed by atoms with Gasteiger partial charge in [0.05, 0.1) is 5.76 Å². The third-order valence-electron chi connectivity index (χ3n) is 3.97. The van der Waals surface area contributed by atoms with Crippen LogP contribution in [0, 0.1) is 16.7 Å². The van der Waals surface area contributed by atoms with Crippen molar-refractivity contribution in [1.82, 2.24) is 5.32 Å². The lowest BCUT2D eigenvalue weighted by atomic mass is 9.49. The molecule has 0 radical (unpaired) electrons. The second kappa shape index (κ2) is 4.60. The second-order valence-corrected chi connectivity index (χ2v) is 6.94. The van der Waals surface area contributed by atoms with Gasteiger partial charge in [-0.05, 0) is 6.92 Å². The summed E-state index contributed by atoms with van der Waals surface area (Å²) in [7, 11) is 0. The zero-order valence-corrected chi connectivity index (χ0v) is 12.8. The summed E-state index contributed by atoms with van der Waals surface area (Å²) in [6.07, 6.45) is 0.0833. The van der Waals surface area contributed by atoms with Gasteiger partial charge in [-0.15, -0.1) is 0 Å². The number of ether oxygens (including phenoxy) is 1. The van der Waals surface area contributed by atoms with Crippen molar-refractivity contribution >= 4 is 5.91 Å². The minimum absolute atomic E-state index is 0.0118. The number of hydrogen-bond donors (Lipinski definition) is 1. The number of rotatable bonds is 4. The number of carbonyl (C=O) groups is 1. The molecule has 1 aliphatic carbocycles. The fourth-order valence-corrected chi connectivity index (χ4v) is 3.31. The average Bonchev–Trinajstić information content (AvgIpc) is 2.21. The van der Waals surface area contributed by atoms with Crippen molar-refractivity contribution < 1.29 is 9.53 Å². The van der Waals surface area contributed by atoms with E-state index in [-0.39, 0.29) is 34.8 Å². The number of hydrogen-bond acceptors (Lipinski definition) is 2. The van der Waals surface area contributed by atoms with Crippen LogP contribution < -0.4 is 5.32 Å². The molecule has 0 aliphatic heterocycles. The highest BCUT2D eigenvalue weighted by atomic mass is 16.5. The standard InChI is InChI=1S/C15H27NO2/c1-9(2)11(17)16-12-14(5,6)13(15(12,7)8)18-10(3)4/h9,12-13H,3H2,1-2,4-8H3,(H,16,17). The molecule has 0 heterocycles. The molecule has 3 heteroatoms. The monoisotopic (exact) mass is 253 g/mol. The summed E-state index contributed by atoms with van der Waals surface area (Å²) < 4.78 is 5.84. The summed E-state index contributed by atoms with van der Waals surface area (Å²) in [5.74, 6) is 0.849. The molecule has 1 fully saturated rings. The van der Waals surface area contributed by atoms with E-state index in [1.54, 1.807) is 0 Å². The molecule has 1 aliphatic rings. The lowest BCUT2D eigenvalue weighted by molar-refractivity contribution is -0.195. The van der Waals surface area contributed by atoms with E-state index < -0.39 is 0 Å². The molecule has 3 nitrogen and oxygen atoms in total. The molecule has 0 bridgehead atoms. The molecule has 1 amide bonds. The maximum Gasteiger partial charge on any atom is 0.222 e. The molecular weight excluding hydrogens is 226 g/mol. The Balaban J connectivity index is 2.83. The summed E-state index contributed by atoms with van der Waals surface area (Å²) >= 11 is 0. The van der Waals surface area contributed by atoms with E-state index in [4.69, 9.17) is 4.74 Å². The maximum atomic E-state index is 11.9. The number of carbonyl (C=O) groups excluding carboxylic acids is 1. The van der Waals surface area contributed by atoms with Crippen molar-refractivity contribution in [3.05, 3.63) is 12.3 Å². The summed E-state index contributed by atoms with van der Waals surface area (Å²) in [5.41, 5.74) is -0.153. The fourth-order valence-electron chi connectivity index (χ4n) is 3.31. The van der Waals surface area contributed by atoms with Gasteiger partial charge in [0.25, 0.3) is 0 Å². The predicted octanol–water partition coefficient (Wildman–Crippen LogP) is 3.11. The van der Waals surface area contributed by atoms with E-state index in [0.717, 1.165) is 5.76 Å². The molecule has 0 atom stereocenters. The van der Waals surface area contributed by atoms with Gasteiger partial charge in [0.1, 0.15) is 6.10 Å². The molecular formula is C15H27NO2. The van der Waals surface area contributed by atoms with Crippen molar-refractivity contribution in [2.45, 2.75) is 60.6 Å². The number of amides is 1. The lowest BCUT2D eigenvalue weighted by Crippen LogP contribution is -2.73. The van der Waals surface area contributed by atoms with Crippen molar-refractivity contribution in [3.8, 4) is 0 Å². The fraction of sp³-hybridized carbons (Fsp3) is 0.800. The van der Waals surface area contributed by atoms with Crippen LogP contribution in [0.4, 0.5) is 0 Å². The first-order valence-corrected chi connectivity index (χ1v) is 6.63. The van der Waals surface area contributed by atoms with Crippen LogP contribution in [0.2, 0.25) is 0 Å². The van der Waals surface area contributed by atoms with Crippen LogP contribution in [0.5, 0.6) is 0 Å². The molecule has 0 unspecified atom stereocenters. The van der Waals surface area contributed by atoms with E-state index in [0.29, 0.717) is 0 Å². The van der Waals surface area contributed by atoms with Crippen LogP contribution >= 0.6 is 0 Å². The highest BCUT2D eigenvalue weighted by molar-refractivity contribution is 5.78. The SMILES string of the molecule is C=C(C)OC1C(C)(C)C(NC(=O)C(C)C)C1(C)C. The summed E-state index contributed by atoms with van der Waals surface area (Å²) in [6, 6.07) is 0.129. The highest BCUT2D eigenvalue weighted by Gasteiger charge is 2.64. The third kappa shape index (κ3) is 2.40. The molecule has 1 saturated carbocycles. The Hall–Kier alpha value is -0.990. The molecule has 104 valence electrons. The van der Waals surface area contributed by atoms with Gasteiger partial charge in [0, 0.05) is 22.8 Å². The molecule has 0 aromatic rings. The largest absolute Gasteiger partial charge is 0.494 e. The van der Waals surface area contributed by atoms with Gasteiger partial charge in [0.2, 0.25) is 5.91 Å². The van der Waals surface area contributed by atoms with Crippen molar-refractivity contribution in [1.29, 1.82) is 0 Å². The molecule has 0 saturated heterocycles. The molecule has 18 heavy (non-hydrogen) atoms. The minimum atomic E-state index is -0.0764. The first-order valence-electron chi connectivity index (χ1n) is 6.63. The van der Waals surface area contributed by atoms with Gasteiger partial charge in [0.15, 0.2) is 0 Å². The van der Waals surface area contributed by atoms with Crippen molar-refractivity contribution in [3.63, 3.8) is 0 Å². The Morgan fingerprint density at radius 3 is 2.00 bits per heavy atom. The zero-order chi connectivity index (χ0) is 14.3. The smallest absolute Gasteiger partial charge is 0.222 e. The zero-order valence-electron chi connectivity index (χ0n) is 12.8. The van der Waals surface area contributed by atoms with E-state index in [1.165, 1.54) is 0 Å². The van der Waals surface area contributed by atoms with Gasteiger partial charge in [-0.1, -0.05) is 48.1 Å². The summed E-state index contributed by atoms with van der Waals surface area (Å²) in [5, 5.41) is 3.15. The number of nitrogens with one attached hydrogen (secondary N) is 1.